The van der Waals surface area contributed by atoms with E-state index < -0.39 is 0 Å². The van der Waals surface area contributed by atoms with Crippen molar-refractivity contribution < 1.29 is 9.32 Å². The van der Waals surface area contributed by atoms with Gasteiger partial charge < -0.3 is 9.42 Å². The number of pyridine rings is 1. The zero-order chi connectivity index (χ0) is 19.7. The third-order valence-corrected chi connectivity index (χ3v) is 5.14. The van der Waals surface area contributed by atoms with E-state index in [0.717, 1.165) is 41.9 Å². The first-order valence-electron chi connectivity index (χ1n) is 9.54. The van der Waals surface area contributed by atoms with E-state index in [0.29, 0.717) is 23.7 Å². The van der Waals surface area contributed by atoms with E-state index in [2.05, 4.69) is 15.1 Å². The summed E-state index contributed by atoms with van der Waals surface area (Å²) in [7, 11) is 0. The third kappa shape index (κ3) is 3.40. The first kappa shape index (κ1) is 18.3. The molecule has 1 fully saturated rings. The molecule has 1 aliphatic heterocycles. The topological polar surface area (TPSA) is 85.0 Å². The van der Waals surface area contributed by atoms with Crippen LogP contribution in [-0.2, 0) is 0 Å². The second-order valence-corrected chi connectivity index (χ2v) is 7.21. The Morgan fingerprint density at radius 2 is 2.07 bits per heavy atom. The van der Waals surface area contributed by atoms with Gasteiger partial charge in [-0.25, -0.2) is 9.97 Å². The number of hydrogen-bond acceptors (Lipinski definition) is 6. The fourth-order valence-corrected chi connectivity index (χ4v) is 3.81. The van der Waals surface area contributed by atoms with Crippen LogP contribution in [0, 0.1) is 20.8 Å². The largest absolute Gasteiger partial charge is 0.361 e. The van der Waals surface area contributed by atoms with E-state index in [9.17, 15) is 4.79 Å². The summed E-state index contributed by atoms with van der Waals surface area (Å²) in [5.74, 6) is 1.29. The van der Waals surface area contributed by atoms with Gasteiger partial charge in [0.15, 0.2) is 5.82 Å². The zero-order valence-electron chi connectivity index (χ0n) is 16.3. The zero-order valence-corrected chi connectivity index (χ0v) is 16.3. The monoisotopic (exact) mass is 377 g/mol. The van der Waals surface area contributed by atoms with Crippen molar-refractivity contribution in [2.45, 2.75) is 46.1 Å². The molecule has 3 aromatic heterocycles. The van der Waals surface area contributed by atoms with E-state index >= 15 is 0 Å². The highest BCUT2D eigenvalue weighted by Gasteiger charge is 2.30. The summed E-state index contributed by atoms with van der Waals surface area (Å²) < 4.78 is 5.29. The maximum absolute atomic E-state index is 13.1. The van der Waals surface area contributed by atoms with E-state index in [1.165, 1.54) is 0 Å². The van der Waals surface area contributed by atoms with Crippen LogP contribution in [0.25, 0.3) is 11.4 Å². The molecule has 0 spiro atoms. The summed E-state index contributed by atoms with van der Waals surface area (Å²) in [5.41, 5.74) is 3.91. The van der Waals surface area contributed by atoms with Crippen molar-refractivity contribution in [2.75, 3.05) is 6.54 Å². The van der Waals surface area contributed by atoms with Gasteiger partial charge in [-0.3, -0.25) is 9.78 Å². The molecule has 0 N–H and O–H groups in total. The predicted octanol–water partition coefficient (Wildman–Crippen LogP) is 3.82. The summed E-state index contributed by atoms with van der Waals surface area (Å²) in [6, 6.07) is 5.49. The minimum Gasteiger partial charge on any atom is -0.361 e. The Balaban J connectivity index is 1.73. The lowest BCUT2D eigenvalue weighted by atomic mass is 9.97. The summed E-state index contributed by atoms with van der Waals surface area (Å²) in [6.07, 6.45) is 6.22. The number of aryl methyl sites for hydroxylation is 3. The van der Waals surface area contributed by atoms with Gasteiger partial charge in [-0.2, -0.15) is 0 Å². The van der Waals surface area contributed by atoms with Gasteiger partial charge in [0.1, 0.15) is 5.76 Å². The van der Waals surface area contributed by atoms with Gasteiger partial charge in [-0.05, 0) is 58.2 Å². The molecule has 1 atom stereocenters. The third-order valence-electron chi connectivity index (χ3n) is 5.14. The van der Waals surface area contributed by atoms with E-state index in [-0.39, 0.29) is 11.9 Å². The Labute approximate surface area is 163 Å². The molecule has 1 aliphatic rings. The number of nitrogens with zero attached hydrogens (tertiary/aromatic N) is 5. The fourth-order valence-electron chi connectivity index (χ4n) is 3.81. The molecule has 28 heavy (non-hydrogen) atoms. The quantitative estimate of drug-likeness (QED) is 0.690. The summed E-state index contributed by atoms with van der Waals surface area (Å²) in [5, 5.41) is 4.02. The normalized spacial score (nSPS) is 17.0. The molecule has 0 aromatic carbocycles. The molecule has 1 amide bonds. The molecule has 4 heterocycles. The van der Waals surface area contributed by atoms with Crippen molar-refractivity contribution in [1.82, 2.24) is 25.0 Å². The maximum Gasteiger partial charge on any atom is 0.255 e. The molecule has 7 heteroatoms. The molecular formula is C21H23N5O2. The van der Waals surface area contributed by atoms with Crippen molar-refractivity contribution in [3.8, 4) is 11.4 Å². The highest BCUT2D eigenvalue weighted by molar-refractivity contribution is 5.94. The second kappa shape index (κ2) is 7.50. The van der Waals surface area contributed by atoms with Crippen LogP contribution in [0.2, 0.25) is 0 Å². The minimum absolute atomic E-state index is 0.00652. The average molecular weight is 377 g/mol. The fraction of sp³-hybridized carbons (Fsp3) is 0.381. The molecule has 1 unspecified atom stereocenters. The van der Waals surface area contributed by atoms with E-state index in [4.69, 9.17) is 9.51 Å². The predicted molar refractivity (Wildman–Crippen MR) is 104 cm³/mol. The first-order valence-corrected chi connectivity index (χ1v) is 9.54. The Morgan fingerprint density at radius 1 is 1.21 bits per heavy atom. The average Bonchev–Trinajstić information content (AvgIpc) is 3.06. The number of likely N-dealkylation sites (tertiary alicyclic amines) is 1. The number of aromatic nitrogens is 4. The van der Waals surface area contributed by atoms with Crippen LogP contribution in [-0.4, -0.2) is 37.5 Å². The highest BCUT2D eigenvalue weighted by Crippen LogP contribution is 2.33. The number of carbonyl (C=O) groups excluding carboxylic acids is 1. The maximum atomic E-state index is 13.1. The van der Waals surface area contributed by atoms with Crippen LogP contribution in [0.5, 0.6) is 0 Å². The van der Waals surface area contributed by atoms with Crippen LogP contribution in [0.1, 0.15) is 58.5 Å². The standard InChI is InChI=1S/C21H23N5O2/c1-13-11-17(24-20(23-13)19-14(2)25-28-15(19)3)18-8-4-5-10-26(18)21(27)16-7-6-9-22-12-16/h6-7,9,11-12,18H,4-5,8,10H2,1-3H3. The summed E-state index contributed by atoms with van der Waals surface area (Å²) in [4.78, 5) is 28.5. The first-order chi connectivity index (χ1) is 13.5. The highest BCUT2D eigenvalue weighted by atomic mass is 16.5. The Morgan fingerprint density at radius 3 is 2.79 bits per heavy atom. The molecule has 1 saturated heterocycles. The van der Waals surface area contributed by atoms with Crippen molar-refractivity contribution in [1.29, 1.82) is 0 Å². The van der Waals surface area contributed by atoms with Crippen molar-refractivity contribution in [3.05, 3.63) is 59.0 Å². The molecular weight excluding hydrogens is 354 g/mol. The lowest BCUT2D eigenvalue weighted by Gasteiger charge is -2.35. The Hall–Kier alpha value is -3.09. The van der Waals surface area contributed by atoms with Gasteiger partial charge in [-0.1, -0.05) is 5.16 Å². The van der Waals surface area contributed by atoms with Gasteiger partial charge in [0, 0.05) is 24.6 Å². The number of rotatable bonds is 3. The van der Waals surface area contributed by atoms with Gasteiger partial charge in [0.05, 0.1) is 28.6 Å². The Kier molecular flexibility index (Phi) is 4.90. The molecule has 0 saturated carbocycles. The van der Waals surface area contributed by atoms with Crippen molar-refractivity contribution >= 4 is 5.91 Å². The molecule has 0 radical (unpaired) electrons. The molecule has 0 aliphatic carbocycles. The molecule has 144 valence electrons. The lowest BCUT2D eigenvalue weighted by molar-refractivity contribution is 0.0605. The van der Waals surface area contributed by atoms with Gasteiger partial charge in [-0.15, -0.1) is 0 Å². The number of hydrogen-bond donors (Lipinski definition) is 0. The van der Waals surface area contributed by atoms with E-state index in [1.807, 2.05) is 37.8 Å². The molecule has 3 aromatic rings. The van der Waals surface area contributed by atoms with Crippen molar-refractivity contribution in [3.63, 3.8) is 0 Å². The SMILES string of the molecule is Cc1cc(C2CCCCN2C(=O)c2cccnc2)nc(-c2c(C)noc2C)n1. The smallest absolute Gasteiger partial charge is 0.255 e. The minimum atomic E-state index is -0.0811. The molecule has 4 rings (SSSR count). The van der Waals surface area contributed by atoms with Crippen LogP contribution in [0.4, 0.5) is 0 Å². The lowest BCUT2D eigenvalue weighted by Crippen LogP contribution is -2.39. The Bertz CT molecular complexity index is 980. The van der Waals surface area contributed by atoms with Crippen molar-refractivity contribution in [2.24, 2.45) is 0 Å². The van der Waals surface area contributed by atoms with Gasteiger partial charge >= 0.3 is 0 Å². The summed E-state index contributed by atoms with van der Waals surface area (Å²) in [6.45, 7) is 6.40. The number of piperidine rings is 1. The van der Waals surface area contributed by atoms with E-state index in [1.54, 1.807) is 18.5 Å². The number of carbonyl (C=O) groups is 1. The molecule has 0 bridgehead atoms. The second-order valence-electron chi connectivity index (χ2n) is 7.21. The van der Waals surface area contributed by atoms with Crippen LogP contribution in [0.3, 0.4) is 0 Å². The van der Waals surface area contributed by atoms with Crippen LogP contribution >= 0.6 is 0 Å². The summed E-state index contributed by atoms with van der Waals surface area (Å²) >= 11 is 0. The number of amides is 1. The van der Waals surface area contributed by atoms with Crippen LogP contribution in [0.15, 0.2) is 35.1 Å². The van der Waals surface area contributed by atoms with Crippen LogP contribution < -0.4 is 0 Å². The molecule has 7 nitrogen and oxygen atoms in total. The van der Waals surface area contributed by atoms with Gasteiger partial charge in [0.25, 0.3) is 5.91 Å². The van der Waals surface area contributed by atoms with Gasteiger partial charge in [0.2, 0.25) is 0 Å².